The van der Waals surface area contributed by atoms with Gasteiger partial charge in [-0.25, -0.2) is 0 Å². The van der Waals surface area contributed by atoms with Gasteiger partial charge in [-0.1, -0.05) is 12.1 Å². The van der Waals surface area contributed by atoms with E-state index in [-0.39, 0.29) is 24.3 Å². The fraction of sp³-hybridized carbons (Fsp3) is 0.571. The van der Waals surface area contributed by atoms with Crippen LogP contribution in [0.15, 0.2) is 18.2 Å². The number of carbonyl (C=O) groups excluding carboxylic acids is 3. The van der Waals surface area contributed by atoms with Crippen LogP contribution in [0.25, 0.3) is 0 Å². The lowest BCUT2D eigenvalue weighted by Gasteiger charge is -2.38. The molecule has 4 rings (SSSR count). The molecule has 0 aliphatic carbocycles. The van der Waals surface area contributed by atoms with Gasteiger partial charge in [-0.2, -0.15) is 0 Å². The van der Waals surface area contributed by atoms with Crippen molar-refractivity contribution in [3.05, 3.63) is 34.9 Å². The highest BCUT2D eigenvalue weighted by Crippen LogP contribution is 2.30. The number of benzene rings is 1. The predicted octanol–water partition coefficient (Wildman–Crippen LogP) is 0.0402. The number of aliphatic hydroxyl groups is 1. The lowest BCUT2D eigenvalue weighted by Crippen LogP contribution is -2.54. The number of amides is 3. The van der Waals surface area contributed by atoms with Gasteiger partial charge in [-0.15, -0.1) is 0 Å². The van der Waals surface area contributed by atoms with Crippen LogP contribution in [0.4, 0.5) is 0 Å². The second-order valence-corrected chi connectivity index (χ2v) is 8.30. The zero-order chi connectivity index (χ0) is 20.6. The Hall–Kier alpha value is -2.29. The lowest BCUT2D eigenvalue weighted by atomic mass is 9.85. The van der Waals surface area contributed by atoms with Crippen molar-refractivity contribution in [1.29, 1.82) is 0 Å². The minimum atomic E-state index is -0.738. The zero-order valence-corrected chi connectivity index (χ0v) is 16.7. The molecule has 0 saturated carbocycles. The molecule has 1 aromatic carbocycles. The monoisotopic (exact) mass is 400 g/mol. The molecule has 4 N–H and O–H groups in total. The molecule has 8 heteroatoms. The predicted molar refractivity (Wildman–Crippen MR) is 106 cm³/mol. The van der Waals surface area contributed by atoms with E-state index in [0.29, 0.717) is 37.9 Å². The molecule has 0 aromatic heterocycles. The lowest BCUT2D eigenvalue weighted by molar-refractivity contribution is -0.136. The molecule has 2 atom stereocenters. The Bertz CT molecular complexity index is 834. The van der Waals surface area contributed by atoms with Gasteiger partial charge in [0.25, 0.3) is 5.91 Å². The summed E-state index contributed by atoms with van der Waals surface area (Å²) in [6.45, 7) is 4.50. The number of hydrogen-bond acceptors (Lipinski definition) is 6. The second kappa shape index (κ2) is 7.85. The molecule has 3 heterocycles. The van der Waals surface area contributed by atoms with Crippen LogP contribution < -0.4 is 16.0 Å². The van der Waals surface area contributed by atoms with Crippen LogP contribution in [0.5, 0.6) is 0 Å². The van der Waals surface area contributed by atoms with Crippen molar-refractivity contribution >= 4 is 17.7 Å². The maximum Gasteiger partial charge on any atom is 0.255 e. The Balaban J connectivity index is 1.47. The summed E-state index contributed by atoms with van der Waals surface area (Å²) in [5, 5.41) is 19.9. The smallest absolute Gasteiger partial charge is 0.255 e. The molecule has 2 fully saturated rings. The zero-order valence-electron chi connectivity index (χ0n) is 16.7. The Kier molecular flexibility index (Phi) is 5.42. The largest absolute Gasteiger partial charge is 0.388 e. The number of nitrogens with zero attached hydrogens (tertiary/aromatic N) is 1. The number of carbonyl (C=O) groups is 3. The van der Waals surface area contributed by atoms with E-state index in [1.165, 1.54) is 0 Å². The highest BCUT2D eigenvalue weighted by atomic mass is 16.3. The van der Waals surface area contributed by atoms with Crippen molar-refractivity contribution in [1.82, 2.24) is 20.9 Å². The summed E-state index contributed by atoms with van der Waals surface area (Å²) in [5.41, 5.74) is 1.79. The van der Waals surface area contributed by atoms with Crippen LogP contribution in [0, 0.1) is 0 Å². The first-order chi connectivity index (χ1) is 13.9. The van der Waals surface area contributed by atoms with E-state index in [4.69, 9.17) is 0 Å². The number of rotatable bonds is 5. The maximum absolute atomic E-state index is 12.9. The molecule has 3 aliphatic heterocycles. The van der Waals surface area contributed by atoms with Gasteiger partial charge in [0.2, 0.25) is 11.8 Å². The molecule has 2 saturated heterocycles. The molecular weight excluding hydrogens is 372 g/mol. The third-order valence-electron chi connectivity index (χ3n) is 6.55. The highest BCUT2D eigenvalue weighted by Gasteiger charge is 2.40. The van der Waals surface area contributed by atoms with Gasteiger partial charge in [-0.05, 0) is 56.5 Å². The summed E-state index contributed by atoms with van der Waals surface area (Å²) < 4.78 is 0. The number of hydrogen-bond donors (Lipinski definition) is 4. The van der Waals surface area contributed by atoms with Gasteiger partial charge in [0.15, 0.2) is 0 Å². The van der Waals surface area contributed by atoms with Crippen molar-refractivity contribution in [2.45, 2.75) is 63.4 Å². The molecule has 156 valence electrons. The summed E-state index contributed by atoms with van der Waals surface area (Å²) in [7, 11) is 0. The Morgan fingerprint density at radius 2 is 2.03 bits per heavy atom. The van der Waals surface area contributed by atoms with Crippen LogP contribution in [0.2, 0.25) is 0 Å². The molecule has 8 nitrogen and oxygen atoms in total. The van der Waals surface area contributed by atoms with Gasteiger partial charge in [0, 0.05) is 31.1 Å². The van der Waals surface area contributed by atoms with Gasteiger partial charge in [0.05, 0.1) is 5.60 Å². The third-order valence-corrected chi connectivity index (χ3v) is 6.55. The van der Waals surface area contributed by atoms with Crippen molar-refractivity contribution in [3.8, 4) is 0 Å². The normalized spacial score (nSPS) is 25.0. The minimum absolute atomic E-state index is 0.0798. The molecule has 3 amide bonds. The average Bonchev–Trinajstić information content (AvgIpc) is 3.04. The standard InChI is InChI=1S/C21H28N4O4/c1-13(21(29)7-9-22-10-8-21)23-11-14-3-2-4-15-16(14)12-25(20(15)28)17-5-6-18(26)24-19(17)27/h2-4,13,17,22-23,29H,5-12H2,1H3,(H,24,26,27). The topological polar surface area (TPSA) is 111 Å². The van der Waals surface area contributed by atoms with E-state index < -0.39 is 17.6 Å². The van der Waals surface area contributed by atoms with E-state index in [9.17, 15) is 19.5 Å². The number of nitrogens with one attached hydrogen (secondary N) is 3. The molecule has 29 heavy (non-hydrogen) atoms. The summed E-state index contributed by atoms with van der Waals surface area (Å²) >= 11 is 0. The molecule has 1 aromatic rings. The SMILES string of the molecule is CC(NCc1cccc2c1CN(C1CCC(=O)NC1=O)C2=O)C1(O)CCNCC1. The van der Waals surface area contributed by atoms with E-state index in [1.807, 2.05) is 19.1 Å². The summed E-state index contributed by atoms with van der Waals surface area (Å²) in [6, 6.07) is 4.93. The molecular formula is C21H28N4O4. The first kappa shape index (κ1) is 20.0. The molecule has 0 spiro atoms. The molecule has 2 unspecified atom stereocenters. The van der Waals surface area contributed by atoms with Crippen LogP contribution >= 0.6 is 0 Å². The quantitative estimate of drug-likeness (QED) is 0.520. The Morgan fingerprint density at radius 1 is 1.28 bits per heavy atom. The van der Waals surface area contributed by atoms with Crippen molar-refractivity contribution in [3.63, 3.8) is 0 Å². The first-order valence-corrected chi connectivity index (χ1v) is 10.3. The fourth-order valence-electron chi connectivity index (χ4n) is 4.56. The van der Waals surface area contributed by atoms with E-state index in [2.05, 4.69) is 16.0 Å². The number of piperidine rings is 2. The van der Waals surface area contributed by atoms with Crippen molar-refractivity contribution in [2.75, 3.05) is 13.1 Å². The molecule has 3 aliphatic rings. The van der Waals surface area contributed by atoms with Crippen molar-refractivity contribution in [2.24, 2.45) is 0 Å². The fourth-order valence-corrected chi connectivity index (χ4v) is 4.56. The Labute approximate surface area is 170 Å². The van der Waals surface area contributed by atoms with Gasteiger partial charge in [0.1, 0.15) is 6.04 Å². The van der Waals surface area contributed by atoms with Gasteiger partial charge in [-0.3, -0.25) is 19.7 Å². The van der Waals surface area contributed by atoms with E-state index in [0.717, 1.165) is 24.2 Å². The van der Waals surface area contributed by atoms with E-state index in [1.54, 1.807) is 11.0 Å². The first-order valence-electron chi connectivity index (χ1n) is 10.3. The second-order valence-electron chi connectivity index (χ2n) is 8.30. The van der Waals surface area contributed by atoms with Gasteiger partial charge >= 0.3 is 0 Å². The highest BCUT2D eigenvalue weighted by molar-refractivity contribution is 6.05. The maximum atomic E-state index is 12.9. The van der Waals surface area contributed by atoms with Crippen LogP contribution in [-0.2, 0) is 22.7 Å². The molecule has 0 radical (unpaired) electrons. The third kappa shape index (κ3) is 3.80. The van der Waals surface area contributed by atoms with Crippen LogP contribution in [0.1, 0.15) is 54.1 Å². The summed E-state index contributed by atoms with van der Waals surface area (Å²) in [6.07, 6.45) is 2.01. The average molecular weight is 400 g/mol. The van der Waals surface area contributed by atoms with Crippen molar-refractivity contribution < 1.29 is 19.5 Å². The number of fused-ring (bicyclic) bond motifs is 1. The van der Waals surface area contributed by atoms with Gasteiger partial charge < -0.3 is 20.6 Å². The van der Waals surface area contributed by atoms with Crippen LogP contribution in [0.3, 0.4) is 0 Å². The number of imide groups is 1. The Morgan fingerprint density at radius 3 is 2.76 bits per heavy atom. The summed E-state index contributed by atoms with van der Waals surface area (Å²) in [4.78, 5) is 38.1. The minimum Gasteiger partial charge on any atom is -0.388 e. The molecule has 0 bridgehead atoms. The summed E-state index contributed by atoms with van der Waals surface area (Å²) in [5.74, 6) is -0.852. The van der Waals surface area contributed by atoms with E-state index >= 15 is 0 Å². The van der Waals surface area contributed by atoms with Crippen LogP contribution in [-0.4, -0.2) is 58.5 Å².